The fourth-order valence-corrected chi connectivity index (χ4v) is 2.35. The van der Waals surface area contributed by atoms with E-state index in [2.05, 4.69) is 5.32 Å². The Kier molecular flexibility index (Phi) is 4.38. The van der Waals surface area contributed by atoms with Crippen molar-refractivity contribution in [1.29, 1.82) is 5.26 Å². The van der Waals surface area contributed by atoms with Gasteiger partial charge in [0.25, 0.3) is 0 Å². The lowest BCUT2D eigenvalue weighted by molar-refractivity contribution is -0.148. The molecule has 1 unspecified atom stereocenters. The van der Waals surface area contributed by atoms with Gasteiger partial charge in [-0.3, -0.25) is 14.5 Å². The minimum absolute atomic E-state index is 0.149. The molecule has 0 bridgehead atoms. The smallest absolute Gasteiger partial charge is 0.246 e. The van der Waals surface area contributed by atoms with Crippen LogP contribution in [-0.4, -0.2) is 29.8 Å². The number of hydrogen-bond donors (Lipinski definition) is 1. The van der Waals surface area contributed by atoms with Crippen LogP contribution in [0, 0.1) is 11.3 Å². The maximum Gasteiger partial charge on any atom is 0.246 e. The second-order valence-electron chi connectivity index (χ2n) is 4.68. The number of likely N-dealkylation sites (tertiary alicyclic amines) is 1. The number of carbonyl (C=O) groups excluding carboxylic acids is 2. The van der Waals surface area contributed by atoms with Gasteiger partial charge in [0, 0.05) is 25.0 Å². The first kappa shape index (κ1) is 14.5. The number of piperidine rings is 1. The van der Waals surface area contributed by atoms with Crippen LogP contribution >= 0.6 is 11.6 Å². The van der Waals surface area contributed by atoms with Gasteiger partial charge in [-0.05, 0) is 24.1 Å². The van der Waals surface area contributed by atoms with Crippen LogP contribution in [0.1, 0.15) is 24.0 Å². The number of imide groups is 1. The molecule has 20 heavy (non-hydrogen) atoms. The predicted molar refractivity (Wildman–Crippen MR) is 73.8 cm³/mol. The number of likely N-dealkylation sites (N-methyl/N-ethyl adjacent to an activating group) is 1. The molecule has 1 aliphatic rings. The minimum Gasteiger partial charge on any atom is -0.302 e. The second kappa shape index (κ2) is 6.04. The van der Waals surface area contributed by atoms with E-state index in [9.17, 15) is 9.59 Å². The van der Waals surface area contributed by atoms with E-state index in [0.717, 1.165) is 10.5 Å². The van der Waals surface area contributed by atoms with Crippen molar-refractivity contribution in [3.8, 4) is 6.07 Å². The second-order valence-corrected chi connectivity index (χ2v) is 5.09. The zero-order chi connectivity index (χ0) is 14.7. The molecule has 2 amide bonds. The lowest BCUT2D eigenvalue weighted by atomic mass is 10.0. The number of nitrogens with zero attached hydrogens (tertiary/aromatic N) is 2. The van der Waals surface area contributed by atoms with E-state index in [1.54, 1.807) is 18.2 Å². The molecule has 1 heterocycles. The summed E-state index contributed by atoms with van der Waals surface area (Å²) in [6.07, 6.45) is 0.858. The summed E-state index contributed by atoms with van der Waals surface area (Å²) in [5, 5.41) is 12.4. The highest BCUT2D eigenvalue weighted by Crippen LogP contribution is 2.18. The van der Waals surface area contributed by atoms with Crippen LogP contribution in [0.15, 0.2) is 18.2 Å². The first-order valence-electron chi connectivity index (χ1n) is 6.25. The third-order valence-corrected chi connectivity index (χ3v) is 3.72. The number of carbonyl (C=O) groups is 2. The molecular formula is C14H14ClN3O2. The summed E-state index contributed by atoms with van der Waals surface area (Å²) in [4.78, 5) is 24.4. The van der Waals surface area contributed by atoms with Crippen molar-refractivity contribution in [3.05, 3.63) is 34.3 Å². The molecule has 1 fully saturated rings. The van der Waals surface area contributed by atoms with Gasteiger partial charge in [0.2, 0.25) is 11.8 Å². The van der Waals surface area contributed by atoms with E-state index >= 15 is 0 Å². The highest BCUT2D eigenvalue weighted by Gasteiger charge is 2.31. The van der Waals surface area contributed by atoms with Crippen LogP contribution < -0.4 is 5.32 Å². The summed E-state index contributed by atoms with van der Waals surface area (Å²) >= 11 is 6.07. The zero-order valence-corrected chi connectivity index (χ0v) is 11.8. The summed E-state index contributed by atoms with van der Waals surface area (Å²) < 4.78 is 0. The largest absolute Gasteiger partial charge is 0.302 e. The van der Waals surface area contributed by atoms with E-state index in [1.807, 2.05) is 6.07 Å². The predicted octanol–water partition coefficient (Wildman–Crippen LogP) is 1.45. The Balaban J connectivity index is 2.01. The third-order valence-electron chi connectivity index (χ3n) is 3.37. The average Bonchev–Trinajstić information content (AvgIpc) is 2.45. The number of nitrogens with one attached hydrogen (secondary N) is 1. The van der Waals surface area contributed by atoms with Crippen LogP contribution in [0.5, 0.6) is 0 Å². The highest BCUT2D eigenvalue weighted by molar-refractivity contribution is 6.31. The summed E-state index contributed by atoms with van der Waals surface area (Å²) in [6, 6.07) is 6.68. The zero-order valence-electron chi connectivity index (χ0n) is 11.0. The van der Waals surface area contributed by atoms with Crippen molar-refractivity contribution >= 4 is 23.4 Å². The lowest BCUT2D eigenvalue weighted by Crippen LogP contribution is -2.51. The van der Waals surface area contributed by atoms with Crippen molar-refractivity contribution in [3.63, 3.8) is 0 Å². The molecule has 1 N–H and O–H groups in total. The molecule has 0 aromatic heterocycles. The van der Waals surface area contributed by atoms with Gasteiger partial charge in [0.1, 0.15) is 0 Å². The Morgan fingerprint density at radius 1 is 1.50 bits per heavy atom. The molecule has 104 valence electrons. The van der Waals surface area contributed by atoms with Crippen LogP contribution in [-0.2, 0) is 16.1 Å². The van der Waals surface area contributed by atoms with E-state index in [4.69, 9.17) is 16.9 Å². The maximum absolute atomic E-state index is 11.9. The Morgan fingerprint density at radius 3 is 2.90 bits per heavy atom. The number of rotatable bonds is 3. The van der Waals surface area contributed by atoms with Crippen molar-refractivity contribution in [2.24, 2.45) is 0 Å². The van der Waals surface area contributed by atoms with Gasteiger partial charge in [0.15, 0.2) is 0 Å². The van der Waals surface area contributed by atoms with Gasteiger partial charge in [-0.2, -0.15) is 5.26 Å². The van der Waals surface area contributed by atoms with Crippen LogP contribution in [0.2, 0.25) is 5.02 Å². The molecule has 0 spiro atoms. The maximum atomic E-state index is 11.9. The molecule has 5 nitrogen and oxygen atoms in total. The molecule has 6 heteroatoms. The van der Waals surface area contributed by atoms with Crippen molar-refractivity contribution in [2.75, 3.05) is 7.05 Å². The number of halogens is 1. The van der Waals surface area contributed by atoms with Crippen molar-refractivity contribution in [2.45, 2.75) is 25.4 Å². The quantitative estimate of drug-likeness (QED) is 0.856. The monoisotopic (exact) mass is 291 g/mol. The molecule has 1 aliphatic heterocycles. The Bertz CT molecular complexity index is 595. The molecule has 1 saturated heterocycles. The summed E-state index contributed by atoms with van der Waals surface area (Å²) in [7, 11) is 1.49. The van der Waals surface area contributed by atoms with Gasteiger partial charge in [-0.1, -0.05) is 17.7 Å². The van der Waals surface area contributed by atoms with Gasteiger partial charge >= 0.3 is 0 Å². The van der Waals surface area contributed by atoms with E-state index in [1.165, 1.54) is 7.05 Å². The topological polar surface area (TPSA) is 73.2 Å². The Morgan fingerprint density at radius 2 is 2.25 bits per heavy atom. The lowest BCUT2D eigenvalue weighted by Gasteiger charge is -2.28. The standard InChI is InChI=1S/C14H14ClN3O2/c1-18-13(19)5-4-12(14(18)20)17-8-10-3-2-9(7-16)6-11(10)15/h2-3,6,12,17H,4-5,8H2,1H3. The minimum atomic E-state index is -0.371. The van der Waals surface area contributed by atoms with Gasteiger partial charge in [-0.25, -0.2) is 0 Å². The molecule has 1 aromatic carbocycles. The van der Waals surface area contributed by atoms with Crippen LogP contribution in [0.3, 0.4) is 0 Å². The summed E-state index contributed by atoms with van der Waals surface area (Å²) in [5.74, 6) is -0.365. The van der Waals surface area contributed by atoms with Gasteiger partial charge in [0.05, 0.1) is 17.7 Å². The van der Waals surface area contributed by atoms with Crippen LogP contribution in [0.25, 0.3) is 0 Å². The highest BCUT2D eigenvalue weighted by atomic mass is 35.5. The van der Waals surface area contributed by atoms with Crippen molar-refractivity contribution in [1.82, 2.24) is 10.2 Å². The normalized spacial score (nSPS) is 19.1. The third kappa shape index (κ3) is 2.98. The molecule has 1 aromatic rings. The van der Waals surface area contributed by atoms with Crippen molar-refractivity contribution < 1.29 is 9.59 Å². The first-order chi connectivity index (χ1) is 9.52. The molecule has 0 aliphatic carbocycles. The summed E-state index contributed by atoms with van der Waals surface area (Å²) in [5.41, 5.74) is 1.32. The van der Waals surface area contributed by atoms with E-state index in [0.29, 0.717) is 30.0 Å². The van der Waals surface area contributed by atoms with E-state index < -0.39 is 0 Å². The Hall–Kier alpha value is -1.90. The molecule has 2 rings (SSSR count). The van der Waals surface area contributed by atoms with E-state index in [-0.39, 0.29) is 17.9 Å². The summed E-state index contributed by atoms with van der Waals surface area (Å²) in [6.45, 7) is 0.420. The average molecular weight is 292 g/mol. The SMILES string of the molecule is CN1C(=O)CCC(NCc2ccc(C#N)cc2Cl)C1=O. The van der Waals surface area contributed by atoms with Crippen LogP contribution in [0.4, 0.5) is 0 Å². The molecule has 1 atom stereocenters. The molecule has 0 saturated carbocycles. The van der Waals surface area contributed by atoms with Gasteiger partial charge < -0.3 is 5.32 Å². The fraction of sp³-hybridized carbons (Fsp3) is 0.357. The fourth-order valence-electron chi connectivity index (χ4n) is 2.10. The van der Waals surface area contributed by atoms with Gasteiger partial charge in [-0.15, -0.1) is 0 Å². The number of hydrogen-bond acceptors (Lipinski definition) is 4. The molecular weight excluding hydrogens is 278 g/mol. The Labute approximate surface area is 122 Å². The molecule has 0 radical (unpaired) electrons. The number of nitriles is 1. The first-order valence-corrected chi connectivity index (χ1v) is 6.63. The number of benzene rings is 1. The number of amides is 2.